The molecular weight excluding hydrogens is 930 g/mol. The summed E-state index contributed by atoms with van der Waals surface area (Å²) in [4.78, 5) is 54.3. The Hall–Kier alpha value is -2.42. The van der Waals surface area contributed by atoms with E-state index in [0.29, 0.717) is 12.8 Å². The van der Waals surface area contributed by atoms with Crippen LogP contribution in [0.2, 0.25) is 0 Å². The van der Waals surface area contributed by atoms with E-state index in [1.165, 1.54) is 38.2 Å². The van der Waals surface area contributed by atoms with E-state index in [0.717, 1.165) is 64.2 Å². The van der Waals surface area contributed by atoms with Gasteiger partial charge in [-0.15, -0.1) is 0 Å². The number of hydrogen-bond acceptors (Lipinski definition) is 16. The minimum absolute atomic E-state index is 0.00420. The number of allylic oxidation sites excluding steroid dienone is 8. The molecule has 1 rings (SSSR count). The summed E-state index contributed by atoms with van der Waals surface area (Å²) in [7, 11) is -10.8. The highest BCUT2D eigenvalue weighted by atomic mass is 31.2. The molecule has 0 aliphatic heterocycles. The molecule has 394 valence electrons. The first-order valence-electron chi connectivity index (χ1n) is 24.2. The van der Waals surface area contributed by atoms with Crippen molar-refractivity contribution in [3.63, 3.8) is 0 Å². The Labute approximate surface area is 402 Å². The van der Waals surface area contributed by atoms with Gasteiger partial charge >= 0.3 is 27.6 Å². The van der Waals surface area contributed by atoms with E-state index in [-0.39, 0.29) is 25.7 Å². The molecule has 1 aliphatic rings. The van der Waals surface area contributed by atoms with E-state index in [4.69, 9.17) is 18.5 Å². The van der Waals surface area contributed by atoms with Crippen LogP contribution in [0.25, 0.3) is 0 Å². The van der Waals surface area contributed by atoms with Crippen molar-refractivity contribution in [2.24, 2.45) is 0 Å². The smallest absolute Gasteiger partial charge is 0.462 e. The Balaban J connectivity index is 2.72. The predicted octanol–water partition coefficient (Wildman–Crippen LogP) is 5.97. The molecule has 1 saturated carbocycles. The number of hydrogen-bond donors (Lipinski definition) is 10. The number of carbonyl (C=O) groups is 2. The van der Waals surface area contributed by atoms with Gasteiger partial charge in [-0.25, -0.2) is 9.13 Å². The highest BCUT2D eigenvalue weighted by Crippen LogP contribution is 2.49. The lowest BCUT2D eigenvalue weighted by atomic mass is 9.85. The van der Waals surface area contributed by atoms with Crippen LogP contribution in [0.5, 0.6) is 0 Å². The summed E-state index contributed by atoms with van der Waals surface area (Å²) in [5, 5.41) is 71.8. The van der Waals surface area contributed by atoms with Gasteiger partial charge in [0, 0.05) is 12.8 Å². The molecule has 0 aromatic rings. The fraction of sp³-hybridized carbons (Fsp3) is 0.745. The summed E-state index contributed by atoms with van der Waals surface area (Å²) in [5.74, 6) is -1.54. The van der Waals surface area contributed by atoms with Crippen molar-refractivity contribution < 1.29 is 92.2 Å². The van der Waals surface area contributed by atoms with Crippen molar-refractivity contribution in [1.82, 2.24) is 0 Å². The number of ether oxygens (including phenoxy) is 2. The van der Waals surface area contributed by atoms with Crippen LogP contribution in [-0.2, 0) is 41.8 Å². The molecule has 1 fully saturated rings. The van der Waals surface area contributed by atoms with Gasteiger partial charge < -0.3 is 59.9 Å². The van der Waals surface area contributed by atoms with Crippen molar-refractivity contribution in [1.29, 1.82) is 0 Å². The molecule has 0 bridgehead atoms. The number of aliphatic hydroxyl groups is 7. The van der Waals surface area contributed by atoms with Gasteiger partial charge in [0.15, 0.2) is 6.10 Å². The van der Waals surface area contributed by atoms with Crippen molar-refractivity contribution in [3.8, 4) is 0 Å². The molecule has 0 saturated heterocycles. The fourth-order valence-corrected chi connectivity index (χ4v) is 8.60. The average molecular weight is 1010 g/mol. The zero-order valence-electron chi connectivity index (χ0n) is 39.9. The summed E-state index contributed by atoms with van der Waals surface area (Å²) in [6.07, 6.45) is 16.7. The normalized spacial score (nSPS) is 23.2. The Morgan fingerprint density at radius 2 is 1.12 bits per heavy atom. The summed E-state index contributed by atoms with van der Waals surface area (Å²) >= 11 is 0. The SMILES string of the molecule is CC/C=C\CCCCCCCCCCCCCC(=O)O[C@H](COC(=O)CCC[C@@H](O)[C@H](O)/C=C/C=C/C=C\C=C\[C@H](O)CCCCC)COP(=O)(O)O[C@H]1C(O)C(O)C(O)[C@@H](OP(=O)(O)O)C1O. The van der Waals surface area contributed by atoms with Crippen LogP contribution in [0.1, 0.15) is 149 Å². The highest BCUT2D eigenvalue weighted by molar-refractivity contribution is 7.47. The van der Waals surface area contributed by atoms with Crippen LogP contribution in [0.15, 0.2) is 60.8 Å². The first kappa shape index (κ1) is 63.6. The standard InChI is InChI=1S/C47H82O19P2/c1-3-5-7-8-9-10-11-12-13-14-15-16-17-22-26-32-41(52)64-37(35-63-68(60,61)66-47-44(55)42(53)43(54)46(45(47)56)65-67(57,58)59)34-62-40(51)33-27-31-39(50)38(49)30-25-21-19-18-20-24-29-36(48)28-23-6-4-2/h5,7,18-21,24-25,29-30,36-39,42-50,53-56H,3-4,6,8-17,22-23,26-28,31-35H2,1-2H3,(H,60,61)(H2,57,58,59)/b7-5-,20-18-,21-19+,29-24+,30-25+/t36-,37-,38-,39-,42?,43?,44?,45?,46-,47+/m1/s1. The van der Waals surface area contributed by atoms with Gasteiger partial charge in [-0.3, -0.25) is 23.2 Å². The maximum Gasteiger partial charge on any atom is 0.472 e. The van der Waals surface area contributed by atoms with Crippen molar-refractivity contribution in [2.45, 2.75) is 210 Å². The summed E-state index contributed by atoms with van der Waals surface area (Å²) < 4.78 is 49.1. The lowest BCUT2D eigenvalue weighted by Crippen LogP contribution is -2.64. The third-order valence-corrected chi connectivity index (χ3v) is 12.4. The Morgan fingerprint density at radius 3 is 1.71 bits per heavy atom. The van der Waals surface area contributed by atoms with Crippen molar-refractivity contribution in [3.05, 3.63) is 60.8 Å². The zero-order chi connectivity index (χ0) is 50.8. The summed E-state index contributed by atoms with van der Waals surface area (Å²) in [6, 6.07) is 0. The van der Waals surface area contributed by atoms with Crippen LogP contribution < -0.4 is 0 Å². The largest absolute Gasteiger partial charge is 0.472 e. The van der Waals surface area contributed by atoms with E-state index in [2.05, 4.69) is 30.5 Å². The average Bonchev–Trinajstić information content (AvgIpc) is 3.28. The number of carbonyl (C=O) groups excluding carboxylic acids is 2. The van der Waals surface area contributed by atoms with Gasteiger partial charge in [0.1, 0.15) is 43.2 Å². The first-order chi connectivity index (χ1) is 32.3. The van der Waals surface area contributed by atoms with Gasteiger partial charge in [-0.05, 0) is 44.9 Å². The van der Waals surface area contributed by atoms with Gasteiger partial charge in [0.2, 0.25) is 0 Å². The molecule has 10 N–H and O–H groups in total. The lowest BCUT2D eigenvalue weighted by Gasteiger charge is -2.43. The molecule has 1 aliphatic carbocycles. The Kier molecular flexibility index (Phi) is 35.0. The summed E-state index contributed by atoms with van der Waals surface area (Å²) in [5.41, 5.74) is 0. The molecule has 0 heterocycles. The molecule has 11 atom stereocenters. The molecular formula is C47H82O19P2. The van der Waals surface area contributed by atoms with Crippen molar-refractivity contribution >= 4 is 27.6 Å². The molecule has 0 aromatic carbocycles. The first-order valence-corrected chi connectivity index (χ1v) is 27.2. The van der Waals surface area contributed by atoms with Gasteiger partial charge in [0.05, 0.1) is 24.9 Å². The van der Waals surface area contributed by atoms with Gasteiger partial charge in [0.25, 0.3) is 0 Å². The molecule has 19 nitrogen and oxygen atoms in total. The lowest BCUT2D eigenvalue weighted by molar-refractivity contribution is -0.216. The van der Waals surface area contributed by atoms with E-state index < -0.39 is 102 Å². The van der Waals surface area contributed by atoms with E-state index in [1.807, 2.05) is 0 Å². The number of phosphoric acid groups is 2. The topological polar surface area (TPSA) is 317 Å². The molecule has 0 aromatic heterocycles. The number of phosphoric ester groups is 2. The summed E-state index contributed by atoms with van der Waals surface area (Å²) in [6.45, 7) is 2.62. The third-order valence-electron chi connectivity index (χ3n) is 10.9. The monoisotopic (exact) mass is 1010 g/mol. The molecule has 0 spiro atoms. The zero-order valence-corrected chi connectivity index (χ0v) is 41.6. The molecule has 68 heavy (non-hydrogen) atoms. The van der Waals surface area contributed by atoms with Crippen LogP contribution in [0, 0.1) is 0 Å². The Morgan fingerprint density at radius 1 is 0.574 bits per heavy atom. The van der Waals surface area contributed by atoms with E-state index in [1.54, 1.807) is 42.5 Å². The minimum Gasteiger partial charge on any atom is -0.462 e. The molecule has 5 unspecified atom stereocenters. The maximum atomic E-state index is 13.0. The van der Waals surface area contributed by atoms with Gasteiger partial charge in [-0.2, -0.15) is 0 Å². The van der Waals surface area contributed by atoms with Gasteiger partial charge in [-0.1, -0.05) is 152 Å². The second-order valence-electron chi connectivity index (χ2n) is 17.0. The third kappa shape index (κ3) is 31.0. The van der Waals surface area contributed by atoms with Crippen LogP contribution in [-0.4, -0.2) is 137 Å². The predicted molar refractivity (Wildman–Crippen MR) is 254 cm³/mol. The highest BCUT2D eigenvalue weighted by Gasteiger charge is 2.54. The molecule has 0 amide bonds. The van der Waals surface area contributed by atoms with Crippen molar-refractivity contribution in [2.75, 3.05) is 13.2 Å². The number of rotatable bonds is 39. The minimum atomic E-state index is -5.40. The number of esters is 2. The fourth-order valence-electron chi connectivity index (χ4n) is 7.06. The van der Waals surface area contributed by atoms with E-state index in [9.17, 15) is 69.1 Å². The Bertz CT molecular complexity index is 1600. The van der Waals surface area contributed by atoms with E-state index >= 15 is 0 Å². The second-order valence-corrected chi connectivity index (χ2v) is 19.6. The molecule has 21 heteroatoms. The maximum absolute atomic E-state index is 13.0. The number of unbranched alkanes of at least 4 members (excludes halogenated alkanes) is 13. The second kappa shape index (κ2) is 37.4. The van der Waals surface area contributed by atoms with Crippen LogP contribution in [0.4, 0.5) is 0 Å². The van der Waals surface area contributed by atoms with Crippen LogP contribution >= 0.6 is 15.6 Å². The number of aliphatic hydroxyl groups excluding tert-OH is 7. The quantitative estimate of drug-likeness (QED) is 0.0111. The van der Waals surface area contributed by atoms with Crippen LogP contribution in [0.3, 0.4) is 0 Å². The molecule has 0 radical (unpaired) electrons.